The Hall–Kier alpha value is -2.05. The minimum atomic E-state index is -3.95. The molecular weight excluding hydrogens is 326 g/mol. The minimum Gasteiger partial charge on any atom is -0.494 e. The number of hydrogen-bond donors (Lipinski definition) is 1. The predicted molar refractivity (Wildman–Crippen MR) is 83.7 cm³/mol. The fourth-order valence-corrected chi connectivity index (χ4v) is 2.85. The molecule has 0 spiro atoms. The molecule has 0 saturated heterocycles. The van der Waals surface area contributed by atoms with Crippen LogP contribution in [0.25, 0.3) is 0 Å². The van der Waals surface area contributed by atoms with E-state index in [-0.39, 0.29) is 10.5 Å². The number of carbonyl (C=O) groups is 1. The molecule has 0 atom stereocenters. The van der Waals surface area contributed by atoms with E-state index in [0.717, 1.165) is 0 Å². The summed E-state index contributed by atoms with van der Waals surface area (Å²) < 4.78 is 31.6. The molecule has 1 N–H and O–H groups in total. The molecule has 2 rings (SSSR count). The molecule has 0 aliphatic carbocycles. The van der Waals surface area contributed by atoms with Crippen LogP contribution in [0.15, 0.2) is 53.4 Å². The van der Waals surface area contributed by atoms with E-state index in [0.29, 0.717) is 17.4 Å². The number of carbonyl (C=O) groups excluding carboxylic acids is 1. The molecule has 0 aromatic heterocycles. The van der Waals surface area contributed by atoms with Crippen LogP contribution in [0.1, 0.15) is 17.3 Å². The molecule has 116 valence electrons. The third kappa shape index (κ3) is 3.99. The van der Waals surface area contributed by atoms with Gasteiger partial charge in [-0.05, 0) is 49.4 Å². The van der Waals surface area contributed by atoms with Gasteiger partial charge in [0.15, 0.2) is 0 Å². The lowest BCUT2D eigenvalue weighted by Crippen LogP contribution is -2.30. The summed E-state index contributed by atoms with van der Waals surface area (Å²) in [5, 5.41) is 0.412. The van der Waals surface area contributed by atoms with Crippen molar-refractivity contribution in [3.8, 4) is 5.75 Å². The monoisotopic (exact) mass is 339 g/mol. The largest absolute Gasteiger partial charge is 0.494 e. The van der Waals surface area contributed by atoms with Gasteiger partial charge in [0, 0.05) is 10.6 Å². The molecule has 0 heterocycles. The number of hydrogen-bond acceptors (Lipinski definition) is 4. The Morgan fingerprint density at radius 3 is 2.50 bits per heavy atom. The molecule has 0 unspecified atom stereocenters. The van der Waals surface area contributed by atoms with Crippen molar-refractivity contribution in [2.45, 2.75) is 11.8 Å². The Balaban J connectivity index is 2.20. The third-order valence-corrected chi connectivity index (χ3v) is 4.36. The number of halogens is 1. The van der Waals surface area contributed by atoms with Crippen molar-refractivity contribution < 1.29 is 17.9 Å². The fraction of sp³-hybridized carbons (Fsp3) is 0.133. The quantitative estimate of drug-likeness (QED) is 0.909. The maximum absolute atomic E-state index is 12.1. The van der Waals surface area contributed by atoms with Crippen molar-refractivity contribution in [1.29, 1.82) is 0 Å². The molecule has 7 heteroatoms. The lowest BCUT2D eigenvalue weighted by atomic mass is 10.2. The van der Waals surface area contributed by atoms with Crippen LogP contribution in [0.3, 0.4) is 0 Å². The van der Waals surface area contributed by atoms with Gasteiger partial charge in [0.1, 0.15) is 5.75 Å². The molecule has 0 radical (unpaired) electrons. The van der Waals surface area contributed by atoms with Crippen LogP contribution in [0.4, 0.5) is 0 Å². The molecule has 2 aromatic carbocycles. The number of rotatable bonds is 5. The van der Waals surface area contributed by atoms with E-state index in [1.54, 1.807) is 12.1 Å². The maximum Gasteiger partial charge on any atom is 0.265 e. The van der Waals surface area contributed by atoms with E-state index in [1.807, 2.05) is 11.6 Å². The van der Waals surface area contributed by atoms with E-state index >= 15 is 0 Å². The molecule has 2 aromatic rings. The highest BCUT2D eigenvalue weighted by Gasteiger charge is 2.18. The SMILES string of the molecule is CCOc1cccc(C(=O)NS(=O)(=O)c2ccc(Cl)cc2)c1. The summed E-state index contributed by atoms with van der Waals surface area (Å²) in [6, 6.07) is 11.8. The summed E-state index contributed by atoms with van der Waals surface area (Å²) in [6.07, 6.45) is 0. The van der Waals surface area contributed by atoms with Gasteiger partial charge in [0.2, 0.25) is 0 Å². The summed E-state index contributed by atoms with van der Waals surface area (Å²) >= 11 is 5.71. The standard InChI is InChI=1S/C15H14ClNO4S/c1-2-21-13-5-3-4-11(10-13)15(18)17-22(19,20)14-8-6-12(16)7-9-14/h3-10H,2H2,1H3,(H,17,18). The molecular formula is C15H14ClNO4S. The molecule has 5 nitrogen and oxygen atoms in total. The molecule has 0 saturated carbocycles. The maximum atomic E-state index is 12.1. The van der Waals surface area contributed by atoms with Crippen LogP contribution in [0.5, 0.6) is 5.75 Å². The first-order valence-corrected chi connectivity index (χ1v) is 8.34. The number of nitrogens with one attached hydrogen (secondary N) is 1. The van der Waals surface area contributed by atoms with Gasteiger partial charge in [0.05, 0.1) is 11.5 Å². The van der Waals surface area contributed by atoms with Gasteiger partial charge in [-0.25, -0.2) is 13.1 Å². The van der Waals surface area contributed by atoms with Crippen LogP contribution in [-0.2, 0) is 10.0 Å². The Kier molecular flexibility index (Phi) is 5.05. The van der Waals surface area contributed by atoms with Crippen molar-refractivity contribution in [2.75, 3.05) is 6.61 Å². The fourth-order valence-electron chi connectivity index (χ4n) is 1.75. The Bertz CT molecular complexity index is 772. The first kappa shape index (κ1) is 16.3. The highest BCUT2D eigenvalue weighted by molar-refractivity contribution is 7.90. The van der Waals surface area contributed by atoms with Crippen LogP contribution in [0, 0.1) is 0 Å². The summed E-state index contributed by atoms with van der Waals surface area (Å²) in [5.41, 5.74) is 0.198. The van der Waals surface area contributed by atoms with Gasteiger partial charge in [-0.1, -0.05) is 17.7 Å². The van der Waals surface area contributed by atoms with Crippen LogP contribution in [-0.4, -0.2) is 20.9 Å². The van der Waals surface area contributed by atoms with Crippen molar-refractivity contribution >= 4 is 27.5 Å². The molecule has 0 aliphatic heterocycles. The molecule has 0 aliphatic rings. The summed E-state index contributed by atoms with van der Waals surface area (Å²) in [4.78, 5) is 12.0. The molecule has 0 fully saturated rings. The van der Waals surface area contributed by atoms with Crippen molar-refractivity contribution in [3.05, 3.63) is 59.1 Å². The lowest BCUT2D eigenvalue weighted by molar-refractivity contribution is 0.0981. The van der Waals surface area contributed by atoms with Gasteiger partial charge < -0.3 is 4.74 Å². The van der Waals surface area contributed by atoms with E-state index < -0.39 is 15.9 Å². The first-order valence-electron chi connectivity index (χ1n) is 6.48. The normalized spacial score (nSPS) is 11.0. The highest BCUT2D eigenvalue weighted by atomic mass is 35.5. The molecule has 22 heavy (non-hydrogen) atoms. The van der Waals surface area contributed by atoms with Crippen LogP contribution in [0.2, 0.25) is 5.02 Å². The topological polar surface area (TPSA) is 72.5 Å². The minimum absolute atomic E-state index is 0.0359. The Morgan fingerprint density at radius 1 is 1.18 bits per heavy atom. The zero-order valence-corrected chi connectivity index (χ0v) is 13.3. The number of amides is 1. The van der Waals surface area contributed by atoms with Gasteiger partial charge in [-0.15, -0.1) is 0 Å². The van der Waals surface area contributed by atoms with Crippen molar-refractivity contribution in [2.24, 2.45) is 0 Å². The number of sulfonamides is 1. The molecule has 1 amide bonds. The van der Waals surface area contributed by atoms with E-state index in [9.17, 15) is 13.2 Å². The smallest absolute Gasteiger partial charge is 0.265 e. The molecule has 0 bridgehead atoms. The average Bonchev–Trinajstić information content (AvgIpc) is 2.48. The Labute approximate surface area is 133 Å². The van der Waals surface area contributed by atoms with Gasteiger partial charge >= 0.3 is 0 Å². The van der Waals surface area contributed by atoms with Gasteiger partial charge in [-0.3, -0.25) is 4.79 Å². The van der Waals surface area contributed by atoms with Crippen molar-refractivity contribution in [3.63, 3.8) is 0 Å². The zero-order chi connectivity index (χ0) is 16.2. The number of ether oxygens (including phenoxy) is 1. The Morgan fingerprint density at radius 2 is 1.86 bits per heavy atom. The van der Waals surface area contributed by atoms with Gasteiger partial charge in [0.25, 0.3) is 15.9 Å². The van der Waals surface area contributed by atoms with E-state index in [1.165, 1.54) is 36.4 Å². The van der Waals surface area contributed by atoms with Crippen LogP contribution >= 0.6 is 11.6 Å². The summed E-state index contributed by atoms with van der Waals surface area (Å²) in [7, 11) is -3.95. The average molecular weight is 340 g/mol. The van der Waals surface area contributed by atoms with E-state index in [4.69, 9.17) is 16.3 Å². The highest BCUT2D eigenvalue weighted by Crippen LogP contribution is 2.16. The van der Waals surface area contributed by atoms with Gasteiger partial charge in [-0.2, -0.15) is 0 Å². The second kappa shape index (κ2) is 6.81. The first-order chi connectivity index (χ1) is 10.4. The second-order valence-electron chi connectivity index (χ2n) is 4.35. The summed E-state index contributed by atoms with van der Waals surface area (Å²) in [5.74, 6) is -0.226. The van der Waals surface area contributed by atoms with E-state index in [2.05, 4.69) is 0 Å². The lowest BCUT2D eigenvalue weighted by Gasteiger charge is -2.08. The van der Waals surface area contributed by atoms with Crippen molar-refractivity contribution in [1.82, 2.24) is 4.72 Å². The summed E-state index contributed by atoms with van der Waals surface area (Å²) in [6.45, 7) is 2.27. The number of benzene rings is 2. The van der Waals surface area contributed by atoms with Crippen LogP contribution < -0.4 is 9.46 Å². The predicted octanol–water partition coefficient (Wildman–Crippen LogP) is 2.86. The zero-order valence-electron chi connectivity index (χ0n) is 11.7. The third-order valence-electron chi connectivity index (χ3n) is 2.76. The second-order valence-corrected chi connectivity index (χ2v) is 6.47.